The van der Waals surface area contributed by atoms with Crippen molar-refractivity contribution in [2.24, 2.45) is 0 Å². The molecule has 0 spiro atoms. The summed E-state index contributed by atoms with van der Waals surface area (Å²) in [5.74, 6) is 2.02. The average molecular weight is 488 g/mol. The second-order valence-electron chi connectivity index (χ2n) is 7.95. The number of hydrogen-bond acceptors (Lipinski definition) is 6. The molecule has 0 radical (unpaired) electrons. The predicted octanol–water partition coefficient (Wildman–Crippen LogP) is 4.44. The van der Waals surface area contributed by atoms with E-state index in [2.05, 4.69) is 9.97 Å². The van der Waals surface area contributed by atoms with Crippen LogP contribution in [0.15, 0.2) is 77.6 Å². The van der Waals surface area contributed by atoms with Gasteiger partial charge in [-0.05, 0) is 56.3 Å². The molecule has 8 nitrogen and oxygen atoms in total. The standard InChI is InChI=1S/C28H29N3O5/c1-3-31(19-26-29-23-13-9-8-12-22(23)27(32)30-26)28(33)20-14-15-24(25(18-20)34-4-2)36-17-16-35-21-10-6-5-7-11-21/h5-15,18H,3-4,16-17,19H2,1-2H3,(H,29,30,32). The lowest BCUT2D eigenvalue weighted by molar-refractivity contribution is 0.0748. The van der Waals surface area contributed by atoms with E-state index < -0.39 is 0 Å². The number of hydrogen-bond donors (Lipinski definition) is 1. The lowest BCUT2D eigenvalue weighted by atomic mass is 10.1. The number of fused-ring (bicyclic) bond motifs is 1. The van der Waals surface area contributed by atoms with E-state index in [9.17, 15) is 9.59 Å². The van der Waals surface area contributed by atoms with E-state index in [1.54, 1.807) is 41.3 Å². The van der Waals surface area contributed by atoms with Crippen LogP contribution in [0.4, 0.5) is 0 Å². The molecule has 0 unspecified atom stereocenters. The van der Waals surface area contributed by atoms with E-state index in [-0.39, 0.29) is 18.0 Å². The Morgan fingerprint density at radius 2 is 1.64 bits per heavy atom. The molecule has 0 saturated heterocycles. The number of nitrogens with one attached hydrogen (secondary N) is 1. The molecule has 1 heterocycles. The van der Waals surface area contributed by atoms with Crippen LogP contribution in [-0.4, -0.2) is 47.1 Å². The summed E-state index contributed by atoms with van der Waals surface area (Å²) in [6, 6.07) is 21.7. The van der Waals surface area contributed by atoms with E-state index in [1.807, 2.05) is 50.2 Å². The summed E-state index contributed by atoms with van der Waals surface area (Å²) >= 11 is 0. The highest BCUT2D eigenvalue weighted by atomic mass is 16.5. The SMILES string of the molecule is CCOc1cc(C(=O)N(CC)Cc2nc3ccccc3c(=O)[nH]2)ccc1OCCOc1ccccc1. The van der Waals surface area contributed by atoms with Crippen molar-refractivity contribution in [3.8, 4) is 17.2 Å². The van der Waals surface area contributed by atoms with Gasteiger partial charge in [-0.15, -0.1) is 0 Å². The van der Waals surface area contributed by atoms with Crippen molar-refractivity contribution < 1.29 is 19.0 Å². The zero-order valence-corrected chi connectivity index (χ0v) is 20.4. The summed E-state index contributed by atoms with van der Waals surface area (Å²) in [4.78, 5) is 34.6. The van der Waals surface area contributed by atoms with Gasteiger partial charge >= 0.3 is 0 Å². The molecule has 4 aromatic rings. The van der Waals surface area contributed by atoms with Crippen molar-refractivity contribution in [3.63, 3.8) is 0 Å². The summed E-state index contributed by atoms with van der Waals surface area (Å²) in [7, 11) is 0. The number of aromatic amines is 1. The number of para-hydroxylation sites is 2. The van der Waals surface area contributed by atoms with Gasteiger partial charge < -0.3 is 24.1 Å². The molecule has 3 aromatic carbocycles. The molecule has 0 aliphatic rings. The van der Waals surface area contributed by atoms with E-state index >= 15 is 0 Å². The Balaban J connectivity index is 1.45. The fourth-order valence-corrected chi connectivity index (χ4v) is 3.76. The van der Waals surface area contributed by atoms with Gasteiger partial charge in [-0.3, -0.25) is 9.59 Å². The molecule has 0 fully saturated rings. The maximum atomic E-state index is 13.3. The van der Waals surface area contributed by atoms with Crippen LogP contribution in [0.25, 0.3) is 10.9 Å². The lowest BCUT2D eigenvalue weighted by Gasteiger charge is -2.21. The van der Waals surface area contributed by atoms with E-state index in [4.69, 9.17) is 14.2 Å². The first-order valence-corrected chi connectivity index (χ1v) is 11.9. The summed E-state index contributed by atoms with van der Waals surface area (Å²) in [5.41, 5.74) is 0.822. The minimum absolute atomic E-state index is 0.175. The molecule has 0 aliphatic carbocycles. The van der Waals surface area contributed by atoms with Crippen LogP contribution in [0.5, 0.6) is 17.2 Å². The normalized spacial score (nSPS) is 10.7. The fourth-order valence-electron chi connectivity index (χ4n) is 3.76. The number of rotatable bonds is 11. The summed E-state index contributed by atoms with van der Waals surface area (Å²) in [6.45, 7) is 5.49. The molecule has 1 amide bonds. The minimum Gasteiger partial charge on any atom is -0.490 e. The maximum Gasteiger partial charge on any atom is 0.258 e. The Morgan fingerprint density at radius 3 is 2.42 bits per heavy atom. The highest BCUT2D eigenvalue weighted by molar-refractivity contribution is 5.95. The van der Waals surface area contributed by atoms with Gasteiger partial charge in [0.25, 0.3) is 11.5 Å². The van der Waals surface area contributed by atoms with Crippen molar-refractivity contribution in [2.45, 2.75) is 20.4 Å². The Hall–Kier alpha value is -4.33. The molecule has 1 aromatic heterocycles. The monoisotopic (exact) mass is 487 g/mol. The molecule has 0 atom stereocenters. The van der Waals surface area contributed by atoms with Crippen molar-refractivity contribution in [1.29, 1.82) is 0 Å². The van der Waals surface area contributed by atoms with Gasteiger partial charge in [0.05, 0.1) is 24.1 Å². The van der Waals surface area contributed by atoms with Crippen molar-refractivity contribution in [3.05, 3.63) is 94.5 Å². The van der Waals surface area contributed by atoms with Crippen LogP contribution in [0.1, 0.15) is 30.0 Å². The largest absolute Gasteiger partial charge is 0.490 e. The number of ether oxygens (including phenoxy) is 3. The van der Waals surface area contributed by atoms with E-state index in [1.165, 1.54) is 0 Å². The number of nitrogens with zero attached hydrogens (tertiary/aromatic N) is 2. The van der Waals surface area contributed by atoms with Gasteiger partial charge in [-0.2, -0.15) is 0 Å². The fraction of sp³-hybridized carbons (Fsp3) is 0.250. The quantitative estimate of drug-likeness (QED) is 0.314. The topological polar surface area (TPSA) is 93.8 Å². The molecule has 186 valence electrons. The first kappa shape index (κ1) is 24.8. The third-order valence-electron chi connectivity index (χ3n) is 5.51. The number of carbonyl (C=O) groups is 1. The molecular formula is C28H29N3O5. The van der Waals surface area contributed by atoms with Gasteiger partial charge in [0, 0.05) is 12.1 Å². The van der Waals surface area contributed by atoms with Crippen LogP contribution in [0.2, 0.25) is 0 Å². The summed E-state index contributed by atoms with van der Waals surface area (Å²) in [6.07, 6.45) is 0. The highest BCUT2D eigenvalue weighted by Gasteiger charge is 2.19. The first-order chi connectivity index (χ1) is 17.6. The average Bonchev–Trinajstić information content (AvgIpc) is 2.91. The number of H-pyrrole nitrogens is 1. The van der Waals surface area contributed by atoms with Crippen LogP contribution >= 0.6 is 0 Å². The molecular weight excluding hydrogens is 458 g/mol. The zero-order valence-electron chi connectivity index (χ0n) is 20.4. The third kappa shape index (κ3) is 6.02. The number of aromatic nitrogens is 2. The van der Waals surface area contributed by atoms with Gasteiger partial charge in [0.2, 0.25) is 0 Å². The predicted molar refractivity (Wildman–Crippen MR) is 138 cm³/mol. The smallest absolute Gasteiger partial charge is 0.258 e. The Morgan fingerprint density at radius 1 is 0.889 bits per heavy atom. The number of carbonyl (C=O) groups excluding carboxylic acids is 1. The molecule has 8 heteroatoms. The van der Waals surface area contributed by atoms with Gasteiger partial charge in [0.15, 0.2) is 11.5 Å². The lowest BCUT2D eigenvalue weighted by Crippen LogP contribution is -2.32. The number of amides is 1. The highest BCUT2D eigenvalue weighted by Crippen LogP contribution is 2.29. The Labute approximate surface area is 209 Å². The van der Waals surface area contributed by atoms with Crippen molar-refractivity contribution in [1.82, 2.24) is 14.9 Å². The van der Waals surface area contributed by atoms with Crippen molar-refractivity contribution in [2.75, 3.05) is 26.4 Å². The minimum atomic E-state index is -0.226. The van der Waals surface area contributed by atoms with Crippen LogP contribution in [0, 0.1) is 0 Å². The molecule has 36 heavy (non-hydrogen) atoms. The second-order valence-corrected chi connectivity index (χ2v) is 7.95. The van der Waals surface area contributed by atoms with Gasteiger partial charge in [-0.1, -0.05) is 30.3 Å². The number of benzene rings is 3. The second kappa shape index (κ2) is 11.9. The van der Waals surface area contributed by atoms with E-state index in [0.717, 1.165) is 5.75 Å². The maximum absolute atomic E-state index is 13.3. The first-order valence-electron chi connectivity index (χ1n) is 11.9. The molecule has 1 N–H and O–H groups in total. The summed E-state index contributed by atoms with van der Waals surface area (Å²) < 4.78 is 17.3. The molecule has 0 bridgehead atoms. The van der Waals surface area contributed by atoms with Crippen LogP contribution in [-0.2, 0) is 6.54 Å². The molecule has 4 rings (SSSR count). The van der Waals surface area contributed by atoms with Crippen LogP contribution < -0.4 is 19.8 Å². The van der Waals surface area contributed by atoms with Gasteiger partial charge in [-0.25, -0.2) is 4.98 Å². The third-order valence-corrected chi connectivity index (χ3v) is 5.51. The Kier molecular flexibility index (Phi) is 8.18. The van der Waals surface area contributed by atoms with Crippen LogP contribution in [0.3, 0.4) is 0 Å². The molecule has 0 aliphatic heterocycles. The molecule has 0 saturated carbocycles. The Bertz CT molecular complexity index is 1370. The van der Waals surface area contributed by atoms with E-state index in [0.29, 0.717) is 60.2 Å². The zero-order chi connectivity index (χ0) is 25.3. The van der Waals surface area contributed by atoms with Gasteiger partial charge in [0.1, 0.15) is 24.8 Å². The van der Waals surface area contributed by atoms with Crippen molar-refractivity contribution >= 4 is 16.8 Å². The summed E-state index contributed by atoms with van der Waals surface area (Å²) in [5, 5.41) is 0.515.